The summed E-state index contributed by atoms with van der Waals surface area (Å²) < 4.78 is 79.0. The van der Waals surface area contributed by atoms with Gasteiger partial charge in [0.1, 0.15) is 0 Å². The second kappa shape index (κ2) is 13.2. The van der Waals surface area contributed by atoms with Crippen LogP contribution in [0.5, 0.6) is 0 Å². The quantitative estimate of drug-likeness (QED) is 0.302. The number of rotatable bonds is 9. The zero-order valence-electron chi connectivity index (χ0n) is 22.3. The number of halogens is 6. The number of carbonyl (C=O) groups is 2. The van der Waals surface area contributed by atoms with Crippen molar-refractivity contribution in [3.8, 4) is 0 Å². The Labute approximate surface area is 228 Å². The summed E-state index contributed by atoms with van der Waals surface area (Å²) in [7, 11) is 0. The Morgan fingerprint density at radius 1 is 0.825 bits per heavy atom. The first-order chi connectivity index (χ1) is 18.8. The van der Waals surface area contributed by atoms with E-state index in [4.69, 9.17) is 0 Å². The standard InChI is InChI=1S/C27H33F6N5O2/c1-3-37(4-2)13-10-34-24(39)22-17-20(8-9-23(22)38-11-6-5-7-12-38)35-25(40)36-21-15-18(26(28,29)30)14-19(16-21)27(31,32)33/h8-9,14-17H,3-7,10-13H2,1-2H3,(H,34,39)(H2,35,36,40). The number of hydrogen-bond acceptors (Lipinski definition) is 4. The maximum Gasteiger partial charge on any atom is 0.416 e. The van der Waals surface area contributed by atoms with Crippen LogP contribution < -0.4 is 20.9 Å². The normalized spacial score (nSPS) is 14.3. The molecule has 1 aliphatic heterocycles. The molecule has 0 aromatic heterocycles. The highest BCUT2D eigenvalue weighted by Crippen LogP contribution is 2.37. The maximum atomic E-state index is 13.2. The van der Waals surface area contributed by atoms with Crippen molar-refractivity contribution in [2.75, 3.05) is 54.8 Å². The average Bonchev–Trinajstić information content (AvgIpc) is 2.90. The van der Waals surface area contributed by atoms with Crippen molar-refractivity contribution >= 4 is 29.0 Å². The fourth-order valence-electron chi connectivity index (χ4n) is 4.49. The van der Waals surface area contributed by atoms with Crippen molar-refractivity contribution in [2.45, 2.75) is 45.5 Å². The van der Waals surface area contributed by atoms with E-state index < -0.39 is 35.2 Å². The number of nitrogens with zero attached hydrogens (tertiary/aromatic N) is 2. The predicted octanol–water partition coefficient (Wildman–Crippen LogP) is 6.43. The Bertz CT molecular complexity index is 1140. The van der Waals surface area contributed by atoms with Crippen LogP contribution >= 0.6 is 0 Å². The van der Waals surface area contributed by atoms with Crippen molar-refractivity contribution in [3.63, 3.8) is 0 Å². The number of piperidine rings is 1. The molecule has 2 aromatic rings. The fourth-order valence-corrected chi connectivity index (χ4v) is 4.49. The van der Waals surface area contributed by atoms with Crippen LogP contribution in [0.3, 0.4) is 0 Å². The van der Waals surface area contributed by atoms with Crippen molar-refractivity contribution in [1.29, 1.82) is 0 Å². The largest absolute Gasteiger partial charge is 0.416 e. The van der Waals surface area contributed by atoms with Crippen molar-refractivity contribution < 1.29 is 35.9 Å². The van der Waals surface area contributed by atoms with Gasteiger partial charge in [-0.15, -0.1) is 0 Å². The minimum absolute atomic E-state index is 0.0203. The van der Waals surface area contributed by atoms with E-state index in [0.29, 0.717) is 36.5 Å². The molecule has 3 N–H and O–H groups in total. The lowest BCUT2D eigenvalue weighted by Crippen LogP contribution is -2.36. The summed E-state index contributed by atoms with van der Waals surface area (Å²) in [6, 6.07) is 4.41. The highest BCUT2D eigenvalue weighted by molar-refractivity contribution is 6.04. The molecule has 3 amide bonds. The number of likely N-dealkylation sites (N-methyl/N-ethyl adjacent to an activating group) is 1. The van der Waals surface area contributed by atoms with Crippen LogP contribution in [0.4, 0.5) is 48.2 Å². The summed E-state index contributed by atoms with van der Waals surface area (Å²) in [6.07, 6.45) is -7.10. The number of urea groups is 1. The zero-order valence-corrected chi connectivity index (χ0v) is 22.3. The molecule has 40 heavy (non-hydrogen) atoms. The molecule has 0 radical (unpaired) electrons. The Hall–Kier alpha value is -3.48. The minimum Gasteiger partial charge on any atom is -0.371 e. The van der Waals surface area contributed by atoms with Gasteiger partial charge in [-0.1, -0.05) is 13.8 Å². The van der Waals surface area contributed by atoms with E-state index in [-0.39, 0.29) is 17.7 Å². The lowest BCUT2D eigenvalue weighted by Gasteiger charge is -2.30. The number of alkyl halides is 6. The molecular weight excluding hydrogens is 540 g/mol. The van der Waals surface area contributed by atoms with Crippen LogP contribution in [0, 0.1) is 0 Å². The topological polar surface area (TPSA) is 76.7 Å². The summed E-state index contributed by atoms with van der Waals surface area (Å²) in [4.78, 5) is 30.0. The first kappa shape index (κ1) is 31.1. The summed E-state index contributed by atoms with van der Waals surface area (Å²) in [5.74, 6) is -0.357. The molecular formula is C27H33F6N5O2. The molecule has 0 spiro atoms. The molecule has 0 bridgehead atoms. The number of benzene rings is 2. The van der Waals surface area contributed by atoms with Gasteiger partial charge in [0.25, 0.3) is 5.91 Å². The lowest BCUT2D eigenvalue weighted by molar-refractivity contribution is -0.143. The van der Waals surface area contributed by atoms with Gasteiger partial charge in [0, 0.05) is 43.2 Å². The zero-order chi connectivity index (χ0) is 29.5. The third-order valence-corrected chi connectivity index (χ3v) is 6.65. The Kier molecular flexibility index (Phi) is 10.3. The molecule has 0 unspecified atom stereocenters. The lowest BCUT2D eigenvalue weighted by atomic mass is 10.1. The van der Waals surface area contributed by atoms with Crippen LogP contribution in [-0.2, 0) is 12.4 Å². The van der Waals surface area contributed by atoms with E-state index in [1.54, 1.807) is 6.07 Å². The molecule has 13 heteroatoms. The first-order valence-electron chi connectivity index (χ1n) is 13.1. The Balaban J connectivity index is 1.81. The number of hydrogen-bond donors (Lipinski definition) is 3. The molecule has 3 rings (SSSR count). The van der Waals surface area contributed by atoms with Crippen LogP contribution in [0.25, 0.3) is 0 Å². The van der Waals surface area contributed by atoms with E-state index in [0.717, 1.165) is 45.4 Å². The summed E-state index contributed by atoms with van der Waals surface area (Å²) in [5.41, 5.74) is -2.65. The van der Waals surface area contributed by atoms with Gasteiger partial charge in [0.05, 0.1) is 16.7 Å². The minimum atomic E-state index is -5.05. The highest BCUT2D eigenvalue weighted by Gasteiger charge is 2.37. The monoisotopic (exact) mass is 573 g/mol. The predicted molar refractivity (Wildman–Crippen MR) is 142 cm³/mol. The number of anilines is 3. The summed E-state index contributed by atoms with van der Waals surface area (Å²) in [5, 5.41) is 7.33. The van der Waals surface area contributed by atoms with Crippen LogP contribution in [0.2, 0.25) is 0 Å². The van der Waals surface area contributed by atoms with E-state index >= 15 is 0 Å². The molecule has 2 aromatic carbocycles. The van der Waals surface area contributed by atoms with E-state index in [1.807, 2.05) is 19.2 Å². The summed E-state index contributed by atoms with van der Waals surface area (Å²) in [6.45, 7) is 8.25. The van der Waals surface area contributed by atoms with Gasteiger partial charge >= 0.3 is 18.4 Å². The van der Waals surface area contributed by atoms with Crippen molar-refractivity contribution in [3.05, 3.63) is 53.1 Å². The SMILES string of the molecule is CCN(CC)CCNC(=O)c1cc(NC(=O)Nc2cc(C(F)(F)F)cc(C(F)(F)F)c2)ccc1N1CCCCC1. The fraction of sp³-hybridized carbons (Fsp3) is 0.481. The van der Waals surface area contributed by atoms with Crippen molar-refractivity contribution in [2.24, 2.45) is 0 Å². The molecule has 1 saturated heterocycles. The van der Waals surface area contributed by atoms with Gasteiger partial charge in [0.15, 0.2) is 0 Å². The smallest absolute Gasteiger partial charge is 0.371 e. The van der Waals surface area contributed by atoms with E-state index in [2.05, 4.69) is 20.4 Å². The molecule has 0 saturated carbocycles. The molecule has 1 aliphatic rings. The Morgan fingerprint density at radius 2 is 1.40 bits per heavy atom. The third-order valence-electron chi connectivity index (χ3n) is 6.65. The molecule has 1 fully saturated rings. The number of nitrogens with one attached hydrogen (secondary N) is 3. The number of carbonyl (C=O) groups excluding carboxylic acids is 2. The molecule has 220 valence electrons. The highest BCUT2D eigenvalue weighted by atomic mass is 19.4. The van der Waals surface area contributed by atoms with E-state index in [1.165, 1.54) is 12.1 Å². The first-order valence-corrected chi connectivity index (χ1v) is 13.1. The summed E-state index contributed by atoms with van der Waals surface area (Å²) >= 11 is 0. The van der Waals surface area contributed by atoms with Gasteiger partial charge in [-0.25, -0.2) is 4.79 Å². The van der Waals surface area contributed by atoms with Crippen LogP contribution in [-0.4, -0.2) is 56.1 Å². The van der Waals surface area contributed by atoms with Gasteiger partial charge in [-0.2, -0.15) is 26.3 Å². The Morgan fingerprint density at radius 3 is 1.95 bits per heavy atom. The van der Waals surface area contributed by atoms with E-state index in [9.17, 15) is 35.9 Å². The van der Waals surface area contributed by atoms with Gasteiger partial charge in [0.2, 0.25) is 0 Å². The second-order valence-corrected chi connectivity index (χ2v) is 9.44. The average molecular weight is 574 g/mol. The van der Waals surface area contributed by atoms with Gasteiger partial charge in [-0.3, -0.25) is 4.79 Å². The number of amides is 3. The van der Waals surface area contributed by atoms with Gasteiger partial charge in [-0.05, 0) is 68.8 Å². The molecule has 1 heterocycles. The third kappa shape index (κ3) is 8.51. The maximum absolute atomic E-state index is 13.2. The van der Waals surface area contributed by atoms with Crippen LogP contribution in [0.15, 0.2) is 36.4 Å². The van der Waals surface area contributed by atoms with Crippen LogP contribution in [0.1, 0.15) is 54.6 Å². The second-order valence-electron chi connectivity index (χ2n) is 9.44. The van der Waals surface area contributed by atoms with Crippen molar-refractivity contribution in [1.82, 2.24) is 10.2 Å². The molecule has 7 nitrogen and oxygen atoms in total. The molecule has 0 atom stereocenters. The molecule has 0 aliphatic carbocycles. The van der Waals surface area contributed by atoms with Gasteiger partial charge < -0.3 is 25.8 Å².